The highest BCUT2D eigenvalue weighted by Crippen LogP contribution is 2.30. The summed E-state index contributed by atoms with van der Waals surface area (Å²) in [7, 11) is 0. The summed E-state index contributed by atoms with van der Waals surface area (Å²) in [5.74, 6) is -1.30. The van der Waals surface area contributed by atoms with E-state index in [9.17, 15) is 13.9 Å². The molecule has 0 aromatic heterocycles. The molecule has 2 aromatic rings. The summed E-state index contributed by atoms with van der Waals surface area (Å²) >= 11 is 3.04. The van der Waals surface area contributed by atoms with Crippen molar-refractivity contribution < 1.29 is 13.9 Å². The lowest BCUT2D eigenvalue weighted by Crippen LogP contribution is -2.09. The molecule has 0 fully saturated rings. The number of aliphatic hydroxyl groups is 1. The van der Waals surface area contributed by atoms with Gasteiger partial charge in [0.05, 0.1) is 10.6 Å². The van der Waals surface area contributed by atoms with E-state index in [1.165, 1.54) is 12.1 Å². The third-order valence-electron chi connectivity index (χ3n) is 3.61. The Morgan fingerprint density at radius 3 is 2.24 bits per heavy atom. The van der Waals surface area contributed by atoms with Crippen molar-refractivity contribution >= 4 is 15.9 Å². The number of benzene rings is 2. The first-order valence-electron chi connectivity index (χ1n) is 6.69. The van der Waals surface area contributed by atoms with Crippen molar-refractivity contribution in [3.05, 3.63) is 68.2 Å². The van der Waals surface area contributed by atoms with Crippen molar-refractivity contribution in [1.82, 2.24) is 0 Å². The molecule has 1 atom stereocenters. The van der Waals surface area contributed by atoms with E-state index in [1.54, 1.807) is 0 Å². The van der Waals surface area contributed by atoms with Gasteiger partial charge in [0, 0.05) is 12.0 Å². The van der Waals surface area contributed by atoms with Crippen LogP contribution in [0.3, 0.4) is 0 Å². The normalized spacial score (nSPS) is 12.5. The van der Waals surface area contributed by atoms with Crippen LogP contribution in [-0.2, 0) is 6.42 Å². The molecule has 0 aliphatic heterocycles. The van der Waals surface area contributed by atoms with Crippen molar-refractivity contribution in [1.29, 1.82) is 0 Å². The summed E-state index contributed by atoms with van der Waals surface area (Å²) < 4.78 is 28.0. The van der Waals surface area contributed by atoms with Crippen molar-refractivity contribution in [3.8, 4) is 0 Å². The highest BCUT2D eigenvalue weighted by atomic mass is 79.9. The predicted octanol–water partition coefficient (Wildman–Crippen LogP) is 4.93. The average molecular weight is 355 g/mol. The van der Waals surface area contributed by atoms with E-state index in [2.05, 4.69) is 15.9 Å². The Labute approximate surface area is 131 Å². The van der Waals surface area contributed by atoms with Crippen molar-refractivity contribution in [2.24, 2.45) is 0 Å². The van der Waals surface area contributed by atoms with Crippen LogP contribution in [-0.4, -0.2) is 5.11 Å². The monoisotopic (exact) mass is 354 g/mol. The first-order chi connectivity index (χ1) is 9.81. The van der Waals surface area contributed by atoms with Gasteiger partial charge in [-0.25, -0.2) is 8.78 Å². The fraction of sp³-hybridized carbons (Fsp3) is 0.294. The van der Waals surface area contributed by atoms with E-state index >= 15 is 0 Å². The molecule has 0 bridgehead atoms. The SMILES string of the molecule is Cc1cc(C)c(C(O)Cc2c(F)ccc(Br)c2F)c(C)c1. The van der Waals surface area contributed by atoms with Crippen LogP contribution in [0.25, 0.3) is 0 Å². The highest BCUT2D eigenvalue weighted by molar-refractivity contribution is 9.10. The number of aliphatic hydroxyl groups excluding tert-OH is 1. The second-order valence-corrected chi connectivity index (χ2v) is 6.21. The summed E-state index contributed by atoms with van der Waals surface area (Å²) in [5.41, 5.74) is 3.59. The first-order valence-corrected chi connectivity index (χ1v) is 7.48. The molecule has 0 aliphatic rings. The van der Waals surface area contributed by atoms with Crippen molar-refractivity contribution in [2.45, 2.75) is 33.3 Å². The summed E-state index contributed by atoms with van der Waals surface area (Å²) in [6.07, 6.45) is -1.04. The van der Waals surface area contributed by atoms with Crippen LogP contribution >= 0.6 is 15.9 Å². The van der Waals surface area contributed by atoms with Gasteiger partial charge in [0.25, 0.3) is 0 Å². The van der Waals surface area contributed by atoms with Crippen molar-refractivity contribution in [3.63, 3.8) is 0 Å². The summed E-state index contributed by atoms with van der Waals surface area (Å²) in [6.45, 7) is 5.77. The minimum atomic E-state index is -0.941. The van der Waals surface area contributed by atoms with Crippen LogP contribution in [0.15, 0.2) is 28.7 Å². The van der Waals surface area contributed by atoms with E-state index in [0.29, 0.717) is 0 Å². The fourth-order valence-corrected chi connectivity index (χ4v) is 3.14. The third-order valence-corrected chi connectivity index (χ3v) is 4.22. The molecule has 21 heavy (non-hydrogen) atoms. The second kappa shape index (κ2) is 6.24. The fourth-order valence-electron chi connectivity index (χ4n) is 2.77. The van der Waals surface area contributed by atoms with E-state index in [4.69, 9.17) is 0 Å². The topological polar surface area (TPSA) is 20.2 Å². The van der Waals surface area contributed by atoms with E-state index < -0.39 is 17.7 Å². The number of hydrogen-bond donors (Lipinski definition) is 1. The van der Waals surface area contributed by atoms with Gasteiger partial charge in [0.1, 0.15) is 11.6 Å². The van der Waals surface area contributed by atoms with Crippen LogP contribution in [0.5, 0.6) is 0 Å². The summed E-state index contributed by atoms with van der Waals surface area (Å²) in [5, 5.41) is 10.4. The lowest BCUT2D eigenvalue weighted by Gasteiger charge is -2.18. The van der Waals surface area contributed by atoms with Gasteiger partial charge in [-0.3, -0.25) is 0 Å². The first kappa shape index (κ1) is 16.1. The summed E-state index contributed by atoms with van der Waals surface area (Å²) in [4.78, 5) is 0. The molecule has 112 valence electrons. The zero-order chi connectivity index (χ0) is 15.7. The molecule has 1 N–H and O–H groups in total. The van der Waals surface area contributed by atoms with Crippen LogP contribution in [0.2, 0.25) is 0 Å². The minimum Gasteiger partial charge on any atom is -0.388 e. The molecule has 0 radical (unpaired) electrons. The molecule has 1 nitrogen and oxygen atoms in total. The van der Waals surface area contributed by atoms with Gasteiger partial charge in [-0.2, -0.15) is 0 Å². The van der Waals surface area contributed by atoms with Gasteiger partial charge in [-0.15, -0.1) is 0 Å². The summed E-state index contributed by atoms with van der Waals surface area (Å²) in [6, 6.07) is 6.44. The van der Waals surface area contributed by atoms with Gasteiger partial charge in [-0.1, -0.05) is 17.7 Å². The zero-order valence-corrected chi connectivity index (χ0v) is 13.8. The molecular weight excluding hydrogens is 338 g/mol. The maximum absolute atomic E-state index is 14.0. The van der Waals surface area contributed by atoms with Crippen LogP contribution in [0.1, 0.15) is 33.9 Å². The number of halogens is 3. The Morgan fingerprint density at radius 1 is 1.10 bits per heavy atom. The standard InChI is InChI=1S/C17H17BrF2O/c1-9-6-10(2)16(11(3)7-9)15(21)8-12-14(19)5-4-13(18)17(12)20/h4-7,15,21H,8H2,1-3H3. The molecule has 0 amide bonds. The third kappa shape index (κ3) is 3.33. The lowest BCUT2D eigenvalue weighted by atomic mass is 9.92. The Balaban J connectivity index is 2.40. The highest BCUT2D eigenvalue weighted by Gasteiger charge is 2.20. The lowest BCUT2D eigenvalue weighted by molar-refractivity contribution is 0.174. The Hall–Kier alpha value is -1.26. The number of hydrogen-bond acceptors (Lipinski definition) is 1. The minimum absolute atomic E-state index is 0.0954. The van der Waals surface area contributed by atoms with Gasteiger partial charge >= 0.3 is 0 Å². The number of aryl methyl sites for hydroxylation is 3. The number of rotatable bonds is 3. The predicted molar refractivity (Wildman–Crippen MR) is 83.4 cm³/mol. The Kier molecular flexibility index (Phi) is 4.79. The van der Waals surface area contributed by atoms with E-state index in [1.807, 2.05) is 32.9 Å². The average Bonchev–Trinajstić information content (AvgIpc) is 2.38. The van der Waals surface area contributed by atoms with Gasteiger partial charge in [-0.05, 0) is 65.5 Å². The van der Waals surface area contributed by atoms with Crippen LogP contribution < -0.4 is 0 Å². The molecule has 0 spiro atoms. The molecule has 0 heterocycles. The van der Waals surface area contributed by atoms with E-state index in [-0.39, 0.29) is 16.5 Å². The molecule has 0 saturated carbocycles. The van der Waals surface area contributed by atoms with Crippen LogP contribution in [0.4, 0.5) is 8.78 Å². The molecule has 0 aliphatic carbocycles. The Morgan fingerprint density at radius 2 is 1.67 bits per heavy atom. The van der Waals surface area contributed by atoms with Gasteiger partial charge < -0.3 is 5.11 Å². The van der Waals surface area contributed by atoms with Crippen LogP contribution in [0, 0.1) is 32.4 Å². The largest absolute Gasteiger partial charge is 0.388 e. The maximum atomic E-state index is 14.0. The molecule has 1 unspecified atom stereocenters. The van der Waals surface area contributed by atoms with Gasteiger partial charge in [0.15, 0.2) is 0 Å². The quantitative estimate of drug-likeness (QED) is 0.775. The molecule has 2 aromatic carbocycles. The van der Waals surface area contributed by atoms with Gasteiger partial charge in [0.2, 0.25) is 0 Å². The molecule has 2 rings (SSSR count). The maximum Gasteiger partial charge on any atom is 0.143 e. The molecular formula is C17H17BrF2O. The Bertz CT molecular complexity index is 660. The zero-order valence-electron chi connectivity index (χ0n) is 12.2. The second-order valence-electron chi connectivity index (χ2n) is 5.35. The molecule has 4 heteroatoms. The van der Waals surface area contributed by atoms with E-state index in [0.717, 1.165) is 22.3 Å². The molecule has 0 saturated heterocycles. The smallest absolute Gasteiger partial charge is 0.143 e. The van der Waals surface area contributed by atoms with Crippen molar-refractivity contribution in [2.75, 3.05) is 0 Å².